The molecule has 21 heavy (non-hydrogen) atoms. The average Bonchev–Trinajstić information content (AvgIpc) is 2.80. The Hall–Kier alpha value is -1.55. The van der Waals surface area contributed by atoms with E-state index in [4.69, 9.17) is 9.72 Å². The lowest BCUT2D eigenvalue weighted by Crippen LogP contribution is -2.39. The first-order chi connectivity index (χ1) is 9.85. The van der Waals surface area contributed by atoms with Gasteiger partial charge in [0, 0.05) is 16.4 Å². The number of hydrogen-bond donors (Lipinski definition) is 1. The Labute approximate surface area is 130 Å². The Morgan fingerprint density at radius 3 is 2.76 bits per heavy atom. The van der Waals surface area contributed by atoms with Gasteiger partial charge >= 0.3 is 0 Å². The third kappa shape index (κ3) is 2.77. The van der Waals surface area contributed by atoms with Crippen molar-refractivity contribution in [2.24, 2.45) is 0 Å². The van der Waals surface area contributed by atoms with Crippen molar-refractivity contribution >= 4 is 17.0 Å². The summed E-state index contributed by atoms with van der Waals surface area (Å²) in [7, 11) is 0. The summed E-state index contributed by atoms with van der Waals surface area (Å²) >= 11 is 1.79. The molecule has 0 amide bonds. The van der Waals surface area contributed by atoms with Gasteiger partial charge in [-0.1, -0.05) is 13.8 Å². The van der Waals surface area contributed by atoms with Crippen LogP contribution in [-0.4, -0.2) is 17.1 Å². The van der Waals surface area contributed by atoms with E-state index in [9.17, 15) is 0 Å². The number of ether oxygens (including phenoxy) is 1. The number of nitrogens with zero attached hydrogens (tertiary/aromatic N) is 1. The molecule has 4 heteroatoms. The Balaban J connectivity index is 1.98. The van der Waals surface area contributed by atoms with Gasteiger partial charge in [0.15, 0.2) is 0 Å². The first-order valence-corrected chi connectivity index (χ1v) is 8.22. The monoisotopic (exact) mass is 302 g/mol. The Kier molecular flexibility index (Phi) is 3.44. The lowest BCUT2D eigenvalue weighted by atomic mass is 10.0. The summed E-state index contributed by atoms with van der Waals surface area (Å²) in [5.41, 5.74) is 3.16. The van der Waals surface area contributed by atoms with Crippen molar-refractivity contribution in [2.75, 3.05) is 11.9 Å². The highest BCUT2D eigenvalue weighted by Gasteiger charge is 2.26. The number of thiazole rings is 1. The van der Waals surface area contributed by atoms with Crippen LogP contribution in [0, 0.1) is 6.92 Å². The number of rotatable bonds is 2. The number of aryl methyl sites for hydroxylation is 1. The molecule has 2 heterocycles. The molecule has 0 saturated heterocycles. The molecule has 0 unspecified atom stereocenters. The first kappa shape index (κ1) is 14.4. The van der Waals surface area contributed by atoms with Gasteiger partial charge in [0.05, 0.1) is 22.9 Å². The van der Waals surface area contributed by atoms with Crippen molar-refractivity contribution in [2.45, 2.75) is 46.1 Å². The standard InChI is InChI=1S/C17H22N2OS/c1-10(2)16-19-15(11(3)21-16)12-6-7-14-13(8-12)18-9-17(4,5)20-14/h6-8,10,18H,9H2,1-5H3. The summed E-state index contributed by atoms with van der Waals surface area (Å²) in [6.45, 7) is 11.5. The Bertz CT molecular complexity index is 673. The molecule has 1 aromatic carbocycles. The zero-order chi connectivity index (χ0) is 15.2. The highest BCUT2D eigenvalue weighted by atomic mass is 32.1. The first-order valence-electron chi connectivity index (χ1n) is 7.40. The highest BCUT2D eigenvalue weighted by Crippen LogP contribution is 2.38. The summed E-state index contributed by atoms with van der Waals surface area (Å²) in [4.78, 5) is 6.08. The van der Waals surface area contributed by atoms with Gasteiger partial charge in [-0.3, -0.25) is 0 Å². The van der Waals surface area contributed by atoms with Gasteiger partial charge < -0.3 is 10.1 Å². The lowest BCUT2D eigenvalue weighted by Gasteiger charge is -2.33. The number of hydrogen-bond acceptors (Lipinski definition) is 4. The Morgan fingerprint density at radius 1 is 1.33 bits per heavy atom. The second-order valence-corrected chi connectivity index (χ2v) is 7.77. The van der Waals surface area contributed by atoms with E-state index in [0.717, 1.165) is 29.2 Å². The van der Waals surface area contributed by atoms with Crippen molar-refractivity contribution in [3.8, 4) is 17.0 Å². The molecule has 0 radical (unpaired) electrons. The highest BCUT2D eigenvalue weighted by molar-refractivity contribution is 7.12. The van der Waals surface area contributed by atoms with Crippen LogP contribution in [0.2, 0.25) is 0 Å². The van der Waals surface area contributed by atoms with Crippen LogP contribution in [-0.2, 0) is 0 Å². The normalized spacial score (nSPS) is 16.3. The van der Waals surface area contributed by atoms with Crippen LogP contribution < -0.4 is 10.1 Å². The van der Waals surface area contributed by atoms with Crippen LogP contribution in [0.3, 0.4) is 0 Å². The van der Waals surface area contributed by atoms with E-state index < -0.39 is 0 Å². The summed E-state index contributed by atoms with van der Waals surface area (Å²) in [5.74, 6) is 1.40. The summed E-state index contributed by atoms with van der Waals surface area (Å²) in [5, 5.41) is 4.66. The van der Waals surface area contributed by atoms with E-state index in [1.165, 1.54) is 9.88 Å². The van der Waals surface area contributed by atoms with Crippen LogP contribution in [0.1, 0.15) is 43.5 Å². The zero-order valence-electron chi connectivity index (χ0n) is 13.3. The fraction of sp³-hybridized carbons (Fsp3) is 0.471. The zero-order valence-corrected chi connectivity index (χ0v) is 14.1. The summed E-state index contributed by atoms with van der Waals surface area (Å²) < 4.78 is 6.00. The molecule has 112 valence electrons. The van der Waals surface area contributed by atoms with E-state index in [-0.39, 0.29) is 5.60 Å². The molecule has 1 N–H and O–H groups in total. The van der Waals surface area contributed by atoms with Crippen LogP contribution in [0.5, 0.6) is 5.75 Å². The third-order valence-electron chi connectivity index (χ3n) is 3.65. The molecule has 2 aromatic rings. The van der Waals surface area contributed by atoms with E-state index in [1.807, 2.05) is 6.07 Å². The van der Waals surface area contributed by atoms with Gasteiger partial charge in [-0.05, 0) is 39.0 Å². The van der Waals surface area contributed by atoms with Crippen LogP contribution >= 0.6 is 11.3 Å². The molecule has 1 aliphatic rings. The summed E-state index contributed by atoms with van der Waals surface area (Å²) in [6.07, 6.45) is 0. The maximum Gasteiger partial charge on any atom is 0.143 e. The SMILES string of the molecule is Cc1sc(C(C)C)nc1-c1ccc2c(c1)NCC(C)(C)O2. The fourth-order valence-electron chi connectivity index (χ4n) is 2.48. The van der Waals surface area contributed by atoms with E-state index in [2.05, 4.69) is 52.1 Å². The minimum absolute atomic E-state index is 0.157. The van der Waals surface area contributed by atoms with Crippen LogP contribution in [0.15, 0.2) is 18.2 Å². The van der Waals surface area contributed by atoms with Gasteiger partial charge in [-0.2, -0.15) is 0 Å². The van der Waals surface area contributed by atoms with Crippen molar-refractivity contribution in [3.05, 3.63) is 28.1 Å². The molecule has 0 atom stereocenters. The maximum atomic E-state index is 6.00. The van der Waals surface area contributed by atoms with Gasteiger partial charge in [0.1, 0.15) is 11.4 Å². The smallest absolute Gasteiger partial charge is 0.143 e. The predicted molar refractivity (Wildman–Crippen MR) is 89.6 cm³/mol. The second-order valence-electron chi connectivity index (χ2n) is 6.54. The van der Waals surface area contributed by atoms with E-state index >= 15 is 0 Å². The largest absolute Gasteiger partial charge is 0.484 e. The van der Waals surface area contributed by atoms with E-state index in [0.29, 0.717) is 5.92 Å². The predicted octanol–water partition coefficient (Wildman–Crippen LogP) is 4.82. The van der Waals surface area contributed by atoms with Crippen LogP contribution in [0.25, 0.3) is 11.3 Å². The molecule has 0 spiro atoms. The minimum Gasteiger partial charge on any atom is -0.484 e. The van der Waals surface area contributed by atoms with Gasteiger partial charge in [0.2, 0.25) is 0 Å². The number of nitrogens with one attached hydrogen (secondary N) is 1. The maximum absolute atomic E-state index is 6.00. The molecule has 3 nitrogen and oxygen atoms in total. The molecular weight excluding hydrogens is 280 g/mol. The van der Waals surface area contributed by atoms with Gasteiger partial charge in [0.25, 0.3) is 0 Å². The molecule has 1 aromatic heterocycles. The molecule has 0 fully saturated rings. The topological polar surface area (TPSA) is 34.2 Å². The summed E-state index contributed by atoms with van der Waals surface area (Å²) in [6, 6.07) is 6.30. The van der Waals surface area contributed by atoms with Crippen molar-refractivity contribution in [1.29, 1.82) is 0 Å². The van der Waals surface area contributed by atoms with Crippen molar-refractivity contribution < 1.29 is 4.74 Å². The number of aromatic nitrogens is 1. The number of anilines is 1. The molecule has 3 rings (SSSR count). The molecule has 0 saturated carbocycles. The average molecular weight is 302 g/mol. The van der Waals surface area contributed by atoms with Crippen molar-refractivity contribution in [1.82, 2.24) is 4.98 Å². The fourth-order valence-corrected chi connectivity index (χ4v) is 3.42. The van der Waals surface area contributed by atoms with Crippen LogP contribution in [0.4, 0.5) is 5.69 Å². The second kappa shape index (κ2) is 5.02. The Morgan fingerprint density at radius 2 is 2.10 bits per heavy atom. The third-order valence-corrected chi connectivity index (χ3v) is 4.92. The number of benzene rings is 1. The molecule has 0 bridgehead atoms. The quantitative estimate of drug-likeness (QED) is 0.863. The number of fused-ring (bicyclic) bond motifs is 1. The molecular formula is C17H22N2OS. The molecule has 1 aliphatic heterocycles. The van der Waals surface area contributed by atoms with E-state index in [1.54, 1.807) is 11.3 Å². The van der Waals surface area contributed by atoms with Gasteiger partial charge in [-0.25, -0.2) is 4.98 Å². The van der Waals surface area contributed by atoms with Gasteiger partial charge in [-0.15, -0.1) is 11.3 Å². The lowest BCUT2D eigenvalue weighted by molar-refractivity contribution is 0.116. The van der Waals surface area contributed by atoms with Crippen molar-refractivity contribution in [3.63, 3.8) is 0 Å². The molecule has 0 aliphatic carbocycles. The minimum atomic E-state index is -0.157.